The van der Waals surface area contributed by atoms with Gasteiger partial charge in [-0.3, -0.25) is 14.4 Å². The number of Topliss-reactive ketones (excluding diaryl/α,β-unsaturated/α-hetero) is 2. The van der Waals surface area contributed by atoms with Gasteiger partial charge in [0, 0.05) is 34.6 Å². The number of aliphatic carboxylic acids is 1. The summed E-state index contributed by atoms with van der Waals surface area (Å²) in [6, 6.07) is 9.66. The zero-order valence-corrected chi connectivity index (χ0v) is 15.0. The number of carbonyl (C=O) groups is 3. The molecule has 1 atom stereocenters. The van der Waals surface area contributed by atoms with Crippen molar-refractivity contribution in [3.05, 3.63) is 58.2 Å². The third kappa shape index (κ3) is 4.13. The molecule has 1 unspecified atom stereocenters. The van der Waals surface area contributed by atoms with E-state index in [9.17, 15) is 14.4 Å². The predicted molar refractivity (Wildman–Crippen MR) is 96.4 cm³/mol. The number of allylic oxidation sites excluding steroid dienone is 4. The topological polar surface area (TPSA) is 71.4 Å². The molecule has 1 aromatic carbocycles. The monoisotopic (exact) mass is 340 g/mol. The first-order valence-electron chi connectivity index (χ1n) is 8.59. The Morgan fingerprint density at radius 2 is 1.52 bits per heavy atom. The minimum absolute atomic E-state index is 0.0679. The molecule has 0 heterocycles. The lowest BCUT2D eigenvalue weighted by Crippen LogP contribution is -2.24. The highest BCUT2D eigenvalue weighted by molar-refractivity contribution is 6.25. The van der Waals surface area contributed by atoms with Gasteiger partial charge in [-0.2, -0.15) is 0 Å². The van der Waals surface area contributed by atoms with Crippen LogP contribution in [0.15, 0.2) is 52.6 Å². The molecule has 0 fully saturated rings. The van der Waals surface area contributed by atoms with Gasteiger partial charge in [0.2, 0.25) is 0 Å². The summed E-state index contributed by atoms with van der Waals surface area (Å²) in [7, 11) is 0. The SMILES string of the molecule is CC1=C(C)C(=O)C(C(CCCCC(=O)O)c2ccccc2)=C(C)C1=O. The zero-order chi connectivity index (χ0) is 18.6. The van der Waals surface area contributed by atoms with Crippen LogP contribution in [0.4, 0.5) is 0 Å². The Balaban J connectivity index is 2.36. The molecule has 1 aliphatic rings. The quantitative estimate of drug-likeness (QED) is 0.596. The predicted octanol–water partition coefficient (Wildman–Crippen LogP) is 4.22. The van der Waals surface area contributed by atoms with E-state index in [4.69, 9.17) is 5.11 Å². The molecular weight excluding hydrogens is 316 g/mol. The first-order valence-corrected chi connectivity index (χ1v) is 8.59. The van der Waals surface area contributed by atoms with Crippen LogP contribution in [-0.2, 0) is 14.4 Å². The van der Waals surface area contributed by atoms with Crippen molar-refractivity contribution in [3.8, 4) is 0 Å². The van der Waals surface area contributed by atoms with Crippen LogP contribution in [0.5, 0.6) is 0 Å². The third-order valence-corrected chi connectivity index (χ3v) is 4.92. The lowest BCUT2D eigenvalue weighted by atomic mass is 9.76. The number of carboxylic acid groups (broad SMARTS) is 1. The van der Waals surface area contributed by atoms with E-state index < -0.39 is 5.97 Å². The number of unbranched alkanes of at least 4 members (excludes halogenated alkanes) is 1. The fourth-order valence-electron chi connectivity index (χ4n) is 3.32. The van der Waals surface area contributed by atoms with E-state index in [1.807, 2.05) is 30.3 Å². The second-order valence-electron chi connectivity index (χ2n) is 6.55. The van der Waals surface area contributed by atoms with Crippen LogP contribution in [0, 0.1) is 0 Å². The van der Waals surface area contributed by atoms with E-state index in [0.29, 0.717) is 41.6 Å². The Hall–Kier alpha value is -2.49. The summed E-state index contributed by atoms with van der Waals surface area (Å²) in [6.07, 6.45) is 2.01. The second-order valence-corrected chi connectivity index (χ2v) is 6.55. The summed E-state index contributed by atoms with van der Waals surface area (Å²) in [5.41, 5.74) is 3.09. The molecule has 1 N–H and O–H groups in total. The van der Waals surface area contributed by atoms with Gasteiger partial charge in [-0.15, -0.1) is 0 Å². The van der Waals surface area contributed by atoms with Crippen LogP contribution >= 0.6 is 0 Å². The Labute approximate surface area is 148 Å². The Kier molecular flexibility index (Phi) is 6.07. The van der Waals surface area contributed by atoms with Gasteiger partial charge in [0.05, 0.1) is 0 Å². The highest BCUT2D eigenvalue weighted by atomic mass is 16.4. The van der Waals surface area contributed by atoms with E-state index >= 15 is 0 Å². The molecule has 132 valence electrons. The van der Waals surface area contributed by atoms with Crippen LogP contribution in [0.25, 0.3) is 0 Å². The Morgan fingerprint density at radius 3 is 2.12 bits per heavy atom. The van der Waals surface area contributed by atoms with Crippen LogP contribution in [0.3, 0.4) is 0 Å². The van der Waals surface area contributed by atoms with E-state index in [0.717, 1.165) is 5.56 Å². The van der Waals surface area contributed by atoms with E-state index in [1.54, 1.807) is 20.8 Å². The highest BCUT2D eigenvalue weighted by Crippen LogP contribution is 2.37. The van der Waals surface area contributed by atoms with Crippen molar-refractivity contribution in [2.75, 3.05) is 0 Å². The number of rotatable bonds is 7. The van der Waals surface area contributed by atoms with Gasteiger partial charge in [0.25, 0.3) is 0 Å². The summed E-state index contributed by atoms with van der Waals surface area (Å²) in [4.78, 5) is 36.1. The van der Waals surface area contributed by atoms with Gasteiger partial charge in [0.15, 0.2) is 11.6 Å². The molecule has 4 nitrogen and oxygen atoms in total. The molecule has 0 aliphatic heterocycles. The summed E-state index contributed by atoms with van der Waals surface area (Å²) in [5, 5.41) is 8.81. The van der Waals surface area contributed by atoms with Crippen molar-refractivity contribution in [3.63, 3.8) is 0 Å². The van der Waals surface area contributed by atoms with Crippen molar-refractivity contribution in [2.45, 2.75) is 52.4 Å². The van der Waals surface area contributed by atoms with Crippen LogP contribution in [0.2, 0.25) is 0 Å². The molecule has 0 amide bonds. The van der Waals surface area contributed by atoms with Gasteiger partial charge in [-0.25, -0.2) is 0 Å². The average molecular weight is 340 g/mol. The molecule has 0 aromatic heterocycles. The standard InChI is InChI=1S/C21H24O4/c1-13-14(2)21(25)19(15(3)20(13)24)17(11-7-8-12-18(22)23)16-9-5-4-6-10-16/h4-6,9-10,17H,7-8,11-12H2,1-3H3,(H,22,23). The molecule has 0 radical (unpaired) electrons. The lowest BCUT2D eigenvalue weighted by molar-refractivity contribution is -0.137. The van der Waals surface area contributed by atoms with E-state index in [2.05, 4.69) is 0 Å². The number of carbonyl (C=O) groups excluding carboxylic acids is 2. The lowest BCUT2D eigenvalue weighted by Gasteiger charge is -2.26. The molecule has 0 saturated heterocycles. The molecule has 0 bridgehead atoms. The molecule has 1 aromatic rings. The molecule has 1 aliphatic carbocycles. The summed E-state index contributed by atoms with van der Waals surface area (Å²) in [6.45, 7) is 5.12. The molecular formula is C21H24O4. The van der Waals surface area contributed by atoms with E-state index in [-0.39, 0.29) is 23.9 Å². The largest absolute Gasteiger partial charge is 0.481 e. The average Bonchev–Trinajstić information content (AvgIpc) is 2.60. The Bertz CT molecular complexity index is 753. The Morgan fingerprint density at radius 1 is 0.920 bits per heavy atom. The minimum atomic E-state index is -0.815. The minimum Gasteiger partial charge on any atom is -0.481 e. The molecule has 2 rings (SSSR count). The molecule has 0 spiro atoms. The fraction of sp³-hybridized carbons (Fsp3) is 0.381. The third-order valence-electron chi connectivity index (χ3n) is 4.92. The van der Waals surface area contributed by atoms with Gasteiger partial charge in [-0.1, -0.05) is 36.8 Å². The summed E-state index contributed by atoms with van der Waals surface area (Å²) < 4.78 is 0. The van der Waals surface area contributed by atoms with Gasteiger partial charge < -0.3 is 5.11 Å². The second kappa shape index (κ2) is 8.06. The van der Waals surface area contributed by atoms with Crippen molar-refractivity contribution >= 4 is 17.5 Å². The van der Waals surface area contributed by atoms with Crippen molar-refractivity contribution < 1.29 is 19.5 Å². The zero-order valence-electron chi connectivity index (χ0n) is 15.0. The van der Waals surface area contributed by atoms with Crippen LogP contribution < -0.4 is 0 Å². The molecule has 0 saturated carbocycles. The maximum atomic E-state index is 12.9. The normalized spacial score (nSPS) is 16.4. The molecule has 25 heavy (non-hydrogen) atoms. The number of hydrogen-bond acceptors (Lipinski definition) is 3. The summed E-state index contributed by atoms with van der Waals surface area (Å²) in [5.74, 6) is -1.14. The maximum Gasteiger partial charge on any atom is 0.303 e. The number of ketones is 2. The first kappa shape index (κ1) is 18.8. The van der Waals surface area contributed by atoms with Gasteiger partial charge in [-0.05, 0) is 39.2 Å². The van der Waals surface area contributed by atoms with Gasteiger partial charge >= 0.3 is 5.97 Å². The fourth-order valence-corrected chi connectivity index (χ4v) is 3.32. The van der Waals surface area contributed by atoms with Crippen molar-refractivity contribution in [2.24, 2.45) is 0 Å². The highest BCUT2D eigenvalue weighted by Gasteiger charge is 2.33. The summed E-state index contributed by atoms with van der Waals surface area (Å²) >= 11 is 0. The maximum absolute atomic E-state index is 12.9. The van der Waals surface area contributed by atoms with Crippen LogP contribution in [0.1, 0.15) is 57.9 Å². The number of carboxylic acids is 1. The number of hydrogen-bond donors (Lipinski definition) is 1. The van der Waals surface area contributed by atoms with Crippen molar-refractivity contribution in [1.82, 2.24) is 0 Å². The van der Waals surface area contributed by atoms with E-state index in [1.165, 1.54) is 0 Å². The first-order chi connectivity index (χ1) is 11.8. The van der Waals surface area contributed by atoms with Crippen molar-refractivity contribution in [1.29, 1.82) is 0 Å². The molecule has 4 heteroatoms. The van der Waals surface area contributed by atoms with Gasteiger partial charge in [0.1, 0.15) is 0 Å². The smallest absolute Gasteiger partial charge is 0.303 e. The van der Waals surface area contributed by atoms with Crippen LogP contribution in [-0.4, -0.2) is 22.6 Å². The number of benzene rings is 1.